The molecule has 0 spiro atoms. The number of nitrogens with one attached hydrogen (secondary N) is 1. The fourth-order valence-electron chi connectivity index (χ4n) is 1.00. The van der Waals surface area contributed by atoms with Gasteiger partial charge in [0.2, 0.25) is 0 Å². The molecule has 92 valence electrons. The maximum atomic E-state index is 13.3. The molecule has 1 rings (SSSR count). The van der Waals surface area contributed by atoms with E-state index in [0.29, 0.717) is 0 Å². The number of rotatable bonds is 2. The number of benzene rings is 1. The van der Waals surface area contributed by atoms with E-state index in [-0.39, 0.29) is 11.6 Å². The van der Waals surface area contributed by atoms with Crippen LogP contribution in [0.1, 0.15) is 6.92 Å². The maximum absolute atomic E-state index is 13.3. The predicted octanol–water partition coefficient (Wildman–Crippen LogP) is 2.12. The summed E-state index contributed by atoms with van der Waals surface area (Å²) in [6.07, 6.45) is 0. The van der Waals surface area contributed by atoms with Gasteiger partial charge >= 0.3 is 11.9 Å². The number of anilines is 1. The number of ether oxygens (including phenoxy) is 1. The van der Waals surface area contributed by atoms with Crippen LogP contribution in [-0.4, -0.2) is 18.5 Å². The average Bonchev–Trinajstić information content (AvgIpc) is 2.29. The van der Waals surface area contributed by atoms with Crippen molar-refractivity contribution in [2.24, 2.45) is 0 Å². The van der Waals surface area contributed by atoms with Crippen LogP contribution >= 0.6 is 11.6 Å². The Morgan fingerprint density at radius 1 is 1.41 bits per heavy atom. The zero-order valence-electron chi connectivity index (χ0n) is 8.72. The highest BCUT2D eigenvalue weighted by atomic mass is 35.5. The van der Waals surface area contributed by atoms with E-state index in [1.54, 1.807) is 5.32 Å². The first-order chi connectivity index (χ1) is 7.97. The van der Waals surface area contributed by atoms with Gasteiger partial charge in [0, 0.05) is 0 Å². The summed E-state index contributed by atoms with van der Waals surface area (Å²) < 4.78 is 30.9. The van der Waals surface area contributed by atoms with Crippen LogP contribution in [0.5, 0.6) is 0 Å². The van der Waals surface area contributed by atoms with E-state index in [0.717, 1.165) is 12.1 Å². The van der Waals surface area contributed by atoms with E-state index in [1.807, 2.05) is 0 Å². The van der Waals surface area contributed by atoms with Crippen molar-refractivity contribution in [1.29, 1.82) is 0 Å². The molecule has 0 saturated heterocycles. The van der Waals surface area contributed by atoms with Crippen molar-refractivity contribution in [3.8, 4) is 0 Å². The molecule has 0 aliphatic heterocycles. The van der Waals surface area contributed by atoms with Gasteiger partial charge in [0.1, 0.15) is 11.5 Å². The van der Waals surface area contributed by atoms with Gasteiger partial charge in [-0.1, -0.05) is 11.6 Å². The Kier molecular flexibility index (Phi) is 4.39. The van der Waals surface area contributed by atoms with Gasteiger partial charge in [-0.25, -0.2) is 13.6 Å². The lowest BCUT2D eigenvalue weighted by Crippen LogP contribution is -2.26. The van der Waals surface area contributed by atoms with Gasteiger partial charge in [0.25, 0.3) is 0 Å². The maximum Gasteiger partial charge on any atom is 0.397 e. The van der Waals surface area contributed by atoms with Crippen LogP contribution in [-0.2, 0) is 14.3 Å². The summed E-state index contributed by atoms with van der Waals surface area (Å²) in [5.74, 6) is -4.69. The Hall–Kier alpha value is -1.69. The summed E-state index contributed by atoms with van der Waals surface area (Å²) in [7, 11) is 0. The third-order valence-electron chi connectivity index (χ3n) is 1.74. The monoisotopic (exact) mass is 263 g/mol. The fourth-order valence-corrected chi connectivity index (χ4v) is 1.16. The number of esters is 1. The molecule has 1 aromatic rings. The lowest BCUT2D eigenvalue weighted by Gasteiger charge is -2.07. The van der Waals surface area contributed by atoms with Crippen molar-refractivity contribution in [3.05, 3.63) is 28.8 Å². The number of carbonyl (C=O) groups is 2. The summed E-state index contributed by atoms with van der Waals surface area (Å²) in [5, 5.41) is 1.39. The number of carbonyl (C=O) groups excluding carboxylic acids is 2. The standard InChI is InChI=1S/C10H8ClF2NO3/c1-2-17-10(16)9(15)14-8-6(12)4-3-5(11)7(8)13/h3-4H,2H2,1H3,(H,14,15). The normalized spacial score (nSPS) is 9.88. The van der Waals surface area contributed by atoms with Crippen LogP contribution in [0.4, 0.5) is 14.5 Å². The van der Waals surface area contributed by atoms with Gasteiger partial charge in [-0.15, -0.1) is 0 Å². The second kappa shape index (κ2) is 5.58. The molecule has 4 nitrogen and oxygen atoms in total. The van der Waals surface area contributed by atoms with E-state index in [2.05, 4.69) is 4.74 Å². The van der Waals surface area contributed by atoms with Crippen molar-refractivity contribution in [1.82, 2.24) is 0 Å². The molecular weight excluding hydrogens is 256 g/mol. The molecule has 0 fully saturated rings. The molecule has 0 bridgehead atoms. The first-order valence-corrected chi connectivity index (χ1v) is 4.96. The third-order valence-corrected chi connectivity index (χ3v) is 2.04. The molecule has 1 amide bonds. The SMILES string of the molecule is CCOC(=O)C(=O)Nc1c(F)ccc(Cl)c1F. The Balaban J connectivity index is 2.92. The Bertz CT molecular complexity index is 465. The first-order valence-electron chi connectivity index (χ1n) is 4.59. The highest BCUT2D eigenvalue weighted by molar-refractivity contribution is 6.37. The number of halogens is 3. The zero-order valence-corrected chi connectivity index (χ0v) is 9.48. The molecule has 0 atom stereocenters. The number of hydrogen-bond acceptors (Lipinski definition) is 3. The highest BCUT2D eigenvalue weighted by Gasteiger charge is 2.20. The predicted molar refractivity (Wildman–Crippen MR) is 56.6 cm³/mol. The Labute approximate surface area is 101 Å². The van der Waals surface area contributed by atoms with Crippen LogP contribution in [0.15, 0.2) is 12.1 Å². The van der Waals surface area contributed by atoms with E-state index in [9.17, 15) is 18.4 Å². The van der Waals surface area contributed by atoms with Gasteiger partial charge in [0.15, 0.2) is 5.82 Å². The van der Waals surface area contributed by atoms with Gasteiger partial charge in [0.05, 0.1) is 11.6 Å². The second-order valence-corrected chi connectivity index (χ2v) is 3.30. The molecule has 0 aliphatic carbocycles. The van der Waals surface area contributed by atoms with E-state index < -0.39 is 29.2 Å². The summed E-state index contributed by atoms with van der Waals surface area (Å²) in [4.78, 5) is 22.1. The molecule has 1 aromatic carbocycles. The lowest BCUT2D eigenvalue weighted by atomic mass is 10.3. The largest absolute Gasteiger partial charge is 0.459 e. The van der Waals surface area contributed by atoms with Crippen LogP contribution in [0.2, 0.25) is 5.02 Å². The zero-order chi connectivity index (χ0) is 13.0. The molecule has 0 aliphatic rings. The minimum atomic E-state index is -1.27. The lowest BCUT2D eigenvalue weighted by molar-refractivity contribution is -0.152. The van der Waals surface area contributed by atoms with E-state index in [4.69, 9.17) is 11.6 Å². The molecule has 1 N–H and O–H groups in total. The molecular formula is C10H8ClF2NO3. The smallest absolute Gasteiger partial charge is 0.397 e. The van der Waals surface area contributed by atoms with Gasteiger partial charge in [-0.3, -0.25) is 4.79 Å². The average molecular weight is 264 g/mol. The van der Waals surface area contributed by atoms with Crippen LogP contribution in [0, 0.1) is 11.6 Å². The number of amides is 1. The Morgan fingerprint density at radius 2 is 2.06 bits per heavy atom. The van der Waals surface area contributed by atoms with Gasteiger partial charge in [-0.05, 0) is 19.1 Å². The molecule has 0 heterocycles. The minimum absolute atomic E-state index is 0.0211. The molecule has 17 heavy (non-hydrogen) atoms. The first kappa shape index (κ1) is 13.4. The van der Waals surface area contributed by atoms with Crippen molar-refractivity contribution in [2.75, 3.05) is 11.9 Å². The molecule has 7 heteroatoms. The molecule has 0 radical (unpaired) electrons. The van der Waals surface area contributed by atoms with Crippen molar-refractivity contribution < 1.29 is 23.1 Å². The van der Waals surface area contributed by atoms with Crippen LogP contribution < -0.4 is 5.32 Å². The van der Waals surface area contributed by atoms with Crippen LogP contribution in [0.25, 0.3) is 0 Å². The summed E-state index contributed by atoms with van der Waals surface area (Å²) in [5.41, 5.74) is -0.782. The number of hydrogen-bond donors (Lipinski definition) is 1. The summed E-state index contributed by atoms with van der Waals surface area (Å²) >= 11 is 5.40. The Morgan fingerprint density at radius 3 is 2.65 bits per heavy atom. The second-order valence-electron chi connectivity index (χ2n) is 2.89. The molecule has 0 aromatic heterocycles. The fraction of sp³-hybridized carbons (Fsp3) is 0.200. The third kappa shape index (κ3) is 3.13. The molecule has 0 saturated carbocycles. The van der Waals surface area contributed by atoms with Crippen molar-refractivity contribution in [2.45, 2.75) is 6.92 Å². The summed E-state index contributed by atoms with van der Waals surface area (Å²) in [6, 6.07) is 1.86. The summed E-state index contributed by atoms with van der Waals surface area (Å²) in [6.45, 7) is 1.47. The van der Waals surface area contributed by atoms with E-state index >= 15 is 0 Å². The molecule has 0 unspecified atom stereocenters. The minimum Gasteiger partial charge on any atom is -0.459 e. The van der Waals surface area contributed by atoms with Gasteiger partial charge < -0.3 is 10.1 Å². The quantitative estimate of drug-likeness (QED) is 0.505. The van der Waals surface area contributed by atoms with E-state index in [1.165, 1.54) is 6.92 Å². The van der Waals surface area contributed by atoms with Gasteiger partial charge in [-0.2, -0.15) is 0 Å². The van der Waals surface area contributed by atoms with Crippen molar-refractivity contribution >= 4 is 29.2 Å². The topological polar surface area (TPSA) is 55.4 Å². The van der Waals surface area contributed by atoms with Crippen LogP contribution in [0.3, 0.4) is 0 Å². The van der Waals surface area contributed by atoms with Crippen molar-refractivity contribution in [3.63, 3.8) is 0 Å². The highest BCUT2D eigenvalue weighted by Crippen LogP contribution is 2.25.